The summed E-state index contributed by atoms with van der Waals surface area (Å²) in [6.45, 7) is 19.5. The number of aryl methyl sites for hydroxylation is 2. The predicted octanol–water partition coefficient (Wildman–Crippen LogP) is 12.4. The fourth-order valence-electron chi connectivity index (χ4n) is 6.73. The number of carbonyl (C=O) groups excluding carboxylic acids is 1. The Balaban J connectivity index is 0.000000290. The van der Waals surface area contributed by atoms with Gasteiger partial charge >= 0.3 is 210 Å². The second-order valence-corrected chi connectivity index (χ2v) is 18.3. The summed E-state index contributed by atoms with van der Waals surface area (Å²) in [5, 5.41) is 15.3. The van der Waals surface area contributed by atoms with Crippen molar-refractivity contribution in [2.24, 2.45) is 17.3 Å². The zero-order valence-electron chi connectivity index (χ0n) is 30.4. The number of ketones is 1. The summed E-state index contributed by atoms with van der Waals surface area (Å²) >= 11 is 1.47. The number of allylic oxidation sites excluding steroid dienone is 2. The largest absolute Gasteiger partial charge is 0 e. The second-order valence-electron chi connectivity index (χ2n) is 14.3. The molecule has 0 aliphatic carbocycles. The minimum absolute atomic E-state index is 0. The molecule has 0 aliphatic heterocycles. The normalized spacial score (nSPS) is 12.3. The van der Waals surface area contributed by atoms with Crippen LogP contribution in [0, 0.1) is 37.2 Å². The Labute approximate surface area is 320 Å². The zero-order chi connectivity index (χ0) is 34.7. The molecule has 0 amide bonds. The summed E-state index contributed by atoms with van der Waals surface area (Å²) in [4.78, 5) is 16.7. The number of nitrogens with zero attached hydrogens (tertiary/aromatic N) is 1. The predicted molar refractivity (Wildman–Crippen MR) is 210 cm³/mol. The molecule has 3 aromatic carbocycles. The number of hydrogen-bond acceptors (Lipinski definition) is 4. The van der Waals surface area contributed by atoms with Gasteiger partial charge in [0.25, 0.3) is 0 Å². The molecular formula is C43H50IrNO2STe-. The molecule has 6 aromatic rings. The standard InChI is InChI=1S/C30H26NSTe.C13H24O2.Ir/c1-17-14-23-20-8-6-7-9-25(20)33-29(23)24(15-17)26-28-22(12-13-31-26)21-11-10-19(16-30(3,4)5)18(2)27(21)32-28;1-5-10(6-2)12(14)9-13(15)11(7-3)8-4;/h6-14H,16H2,1-5H3;9-11,14H,5-8H2,1-4H3;/q-1;;/b;12-9-;. The zero-order valence-corrected chi connectivity index (χ0v) is 36.0. The van der Waals surface area contributed by atoms with Gasteiger partial charge in [-0.05, 0) is 25.7 Å². The SMILES string of the molecule is CCC(CC)C(=O)/C=C(\O)C(CC)CC.Cc1[c-]c(-c2nccc3c2sc2c(C)c(CC(C)(C)C)ccc23)c2[te]c3ccccc3c2c1.[Ir]. The third-order valence-corrected chi connectivity index (χ3v) is 14.3. The van der Waals surface area contributed by atoms with E-state index in [0.29, 0.717) is 0 Å². The average molecular weight is 965 g/mol. The minimum atomic E-state index is -0.449. The first-order chi connectivity index (χ1) is 22.9. The summed E-state index contributed by atoms with van der Waals surface area (Å²) < 4.78 is 5.74. The summed E-state index contributed by atoms with van der Waals surface area (Å²) in [6.07, 6.45) is 7.99. The van der Waals surface area contributed by atoms with E-state index in [2.05, 4.69) is 89.2 Å². The molecule has 0 unspecified atom stereocenters. The van der Waals surface area contributed by atoms with Gasteiger partial charge in [0.1, 0.15) is 0 Å². The fourth-order valence-corrected chi connectivity index (χ4v) is 11.4. The van der Waals surface area contributed by atoms with Crippen LogP contribution in [-0.2, 0) is 31.3 Å². The molecule has 6 rings (SSSR count). The van der Waals surface area contributed by atoms with Crippen molar-refractivity contribution in [3.8, 4) is 11.3 Å². The first-order valence-corrected chi connectivity index (χ1v) is 20.6. The molecule has 0 aliphatic rings. The Bertz CT molecular complexity index is 2110. The van der Waals surface area contributed by atoms with Gasteiger partial charge in [0.15, 0.2) is 5.78 Å². The molecule has 1 N–H and O–H groups in total. The van der Waals surface area contributed by atoms with Gasteiger partial charge in [-0.2, -0.15) is 0 Å². The third kappa shape index (κ3) is 8.60. The van der Waals surface area contributed by atoms with E-state index in [0.717, 1.165) is 37.8 Å². The van der Waals surface area contributed by atoms with E-state index >= 15 is 0 Å². The number of aliphatic hydroxyl groups excluding tert-OH is 1. The molecule has 3 aromatic heterocycles. The van der Waals surface area contributed by atoms with Crippen molar-refractivity contribution in [2.75, 3.05) is 0 Å². The minimum Gasteiger partial charge on any atom is 0 e. The van der Waals surface area contributed by atoms with Gasteiger partial charge in [0.05, 0.1) is 5.76 Å². The second kappa shape index (κ2) is 16.8. The molecular weight excluding hydrogens is 914 g/mol. The van der Waals surface area contributed by atoms with Crippen LogP contribution in [0.15, 0.2) is 66.6 Å². The molecule has 0 bridgehead atoms. The van der Waals surface area contributed by atoms with E-state index in [9.17, 15) is 9.90 Å². The van der Waals surface area contributed by atoms with Gasteiger partial charge in [-0.15, -0.1) is 0 Å². The maximum atomic E-state index is 11.7. The fraction of sp³-hybridized carbons (Fsp3) is 0.395. The third-order valence-electron chi connectivity index (χ3n) is 9.50. The maximum Gasteiger partial charge on any atom is 0 e. The van der Waals surface area contributed by atoms with Crippen LogP contribution >= 0.6 is 11.3 Å². The van der Waals surface area contributed by atoms with Crippen LogP contribution in [0.25, 0.3) is 49.0 Å². The maximum absolute atomic E-state index is 11.7. The van der Waals surface area contributed by atoms with Crippen molar-refractivity contribution in [3.63, 3.8) is 0 Å². The molecule has 3 nitrogen and oxygen atoms in total. The number of benzene rings is 3. The number of hydrogen-bond donors (Lipinski definition) is 1. The van der Waals surface area contributed by atoms with Crippen LogP contribution in [0.3, 0.4) is 0 Å². The molecule has 0 saturated carbocycles. The molecule has 49 heavy (non-hydrogen) atoms. The van der Waals surface area contributed by atoms with Crippen LogP contribution in [0.5, 0.6) is 0 Å². The Morgan fingerprint density at radius 1 is 0.898 bits per heavy atom. The van der Waals surface area contributed by atoms with Gasteiger partial charge in [-0.25, -0.2) is 0 Å². The molecule has 0 saturated heterocycles. The van der Waals surface area contributed by atoms with Gasteiger partial charge in [-0.3, -0.25) is 4.79 Å². The van der Waals surface area contributed by atoms with Gasteiger partial charge in [-0.1, -0.05) is 27.7 Å². The van der Waals surface area contributed by atoms with Gasteiger partial charge in [0, 0.05) is 38.0 Å². The molecule has 261 valence electrons. The van der Waals surface area contributed by atoms with E-state index in [-0.39, 0.29) is 48.9 Å². The Kier molecular flexibility index (Phi) is 13.5. The Hall–Kier alpha value is -2.32. The monoisotopic (exact) mass is 967 g/mol. The van der Waals surface area contributed by atoms with Crippen LogP contribution in [-0.4, -0.2) is 36.3 Å². The summed E-state index contributed by atoms with van der Waals surface area (Å²) in [5.41, 5.74) is 6.70. The van der Waals surface area contributed by atoms with E-state index in [4.69, 9.17) is 4.98 Å². The van der Waals surface area contributed by atoms with Crippen LogP contribution in [0.1, 0.15) is 90.8 Å². The number of aromatic nitrogens is 1. The van der Waals surface area contributed by atoms with Crippen molar-refractivity contribution < 1.29 is 30.0 Å². The Morgan fingerprint density at radius 2 is 1.55 bits per heavy atom. The number of rotatable bonds is 9. The van der Waals surface area contributed by atoms with Crippen molar-refractivity contribution >= 4 is 75.3 Å². The molecule has 3 heterocycles. The molecule has 0 atom stereocenters. The van der Waals surface area contributed by atoms with E-state index in [1.54, 1.807) is 0 Å². The molecule has 1 radical (unpaired) electrons. The van der Waals surface area contributed by atoms with Crippen molar-refractivity contribution in [1.29, 1.82) is 0 Å². The van der Waals surface area contributed by atoms with Crippen LogP contribution < -0.4 is 0 Å². The summed E-state index contributed by atoms with van der Waals surface area (Å²) in [6, 6.07) is 21.9. The number of carbonyl (C=O) groups is 1. The first kappa shape index (κ1) is 39.5. The quantitative estimate of drug-likeness (QED) is 0.0680. The van der Waals surface area contributed by atoms with Crippen molar-refractivity contribution in [3.05, 3.63) is 89.3 Å². The smallest absolute Gasteiger partial charge is 0 e. The number of thiophene rings is 1. The topological polar surface area (TPSA) is 50.2 Å². The first-order valence-electron chi connectivity index (χ1n) is 17.5. The summed E-state index contributed by atoms with van der Waals surface area (Å²) in [7, 11) is 0. The molecule has 0 spiro atoms. The van der Waals surface area contributed by atoms with E-state index < -0.39 is 20.4 Å². The van der Waals surface area contributed by atoms with E-state index in [1.165, 1.54) is 66.1 Å². The van der Waals surface area contributed by atoms with Gasteiger partial charge in [0.2, 0.25) is 0 Å². The molecule has 6 heteroatoms. The van der Waals surface area contributed by atoms with Crippen molar-refractivity contribution in [2.45, 2.75) is 94.4 Å². The molecule has 0 fully saturated rings. The number of fused-ring (bicyclic) bond motifs is 6. The summed E-state index contributed by atoms with van der Waals surface area (Å²) in [5.74, 6) is 0.547. The van der Waals surface area contributed by atoms with E-state index in [1.807, 2.05) is 45.2 Å². The van der Waals surface area contributed by atoms with Crippen molar-refractivity contribution in [1.82, 2.24) is 4.98 Å². The van der Waals surface area contributed by atoms with Crippen LogP contribution in [0.4, 0.5) is 0 Å². The number of pyridine rings is 1. The van der Waals surface area contributed by atoms with Crippen LogP contribution in [0.2, 0.25) is 0 Å². The van der Waals surface area contributed by atoms with Gasteiger partial charge < -0.3 is 5.11 Å². The Morgan fingerprint density at radius 3 is 2.20 bits per heavy atom. The average Bonchev–Trinajstić information content (AvgIpc) is 3.62. The number of aliphatic hydroxyl groups is 1.